The van der Waals surface area contributed by atoms with Crippen LogP contribution in [0.2, 0.25) is 5.15 Å². The molecule has 1 fully saturated rings. The molecule has 1 N–H and O–H groups in total. The van der Waals surface area contributed by atoms with E-state index in [0.717, 1.165) is 32.7 Å². The Morgan fingerprint density at radius 1 is 1.32 bits per heavy atom. The number of hydrogen-bond donors (Lipinski definition) is 1. The Bertz CT molecular complexity index is 417. The summed E-state index contributed by atoms with van der Waals surface area (Å²) in [6.45, 7) is 5.74. The molecule has 2 heterocycles. The predicted molar refractivity (Wildman–Crippen MR) is 73.3 cm³/mol. The lowest BCUT2D eigenvalue weighted by atomic mass is 10.3. The van der Waals surface area contributed by atoms with E-state index in [0.29, 0.717) is 12.2 Å². The Morgan fingerprint density at radius 3 is 2.68 bits per heavy atom. The van der Waals surface area contributed by atoms with Crippen LogP contribution in [-0.4, -0.2) is 72.2 Å². The largest absolute Gasteiger partial charge is 0.349 e. The van der Waals surface area contributed by atoms with Gasteiger partial charge in [-0.15, -0.1) is 10.2 Å². The molecule has 1 aromatic rings. The van der Waals surface area contributed by atoms with Gasteiger partial charge < -0.3 is 10.2 Å². The molecular weight excluding hydrogens is 266 g/mol. The average molecular weight is 284 g/mol. The zero-order valence-electron chi connectivity index (χ0n) is 11.0. The lowest BCUT2D eigenvalue weighted by Gasteiger charge is -2.32. The molecular formula is C12H18ClN5O. The van der Waals surface area contributed by atoms with E-state index in [1.54, 1.807) is 12.1 Å². The summed E-state index contributed by atoms with van der Waals surface area (Å²) in [4.78, 5) is 16.4. The molecule has 0 unspecified atom stereocenters. The van der Waals surface area contributed by atoms with Crippen molar-refractivity contribution in [1.82, 2.24) is 25.3 Å². The van der Waals surface area contributed by atoms with Gasteiger partial charge in [0.25, 0.3) is 5.91 Å². The summed E-state index contributed by atoms with van der Waals surface area (Å²) in [7, 11) is 2.12. The molecule has 104 valence electrons. The second kappa shape index (κ2) is 6.79. The van der Waals surface area contributed by atoms with Crippen molar-refractivity contribution in [3.63, 3.8) is 0 Å². The van der Waals surface area contributed by atoms with Crippen LogP contribution in [0.1, 0.15) is 10.5 Å². The highest BCUT2D eigenvalue weighted by Crippen LogP contribution is 2.02. The van der Waals surface area contributed by atoms with Crippen LogP contribution < -0.4 is 5.32 Å². The first-order valence-corrected chi connectivity index (χ1v) is 6.71. The minimum Gasteiger partial charge on any atom is -0.349 e. The van der Waals surface area contributed by atoms with E-state index in [-0.39, 0.29) is 11.1 Å². The fraction of sp³-hybridized carbons (Fsp3) is 0.583. The Balaban J connectivity index is 1.70. The second-order valence-electron chi connectivity index (χ2n) is 4.64. The van der Waals surface area contributed by atoms with Crippen molar-refractivity contribution in [1.29, 1.82) is 0 Å². The van der Waals surface area contributed by atoms with E-state index in [4.69, 9.17) is 11.6 Å². The van der Waals surface area contributed by atoms with Gasteiger partial charge in [-0.2, -0.15) is 0 Å². The van der Waals surface area contributed by atoms with Crippen molar-refractivity contribution in [3.05, 3.63) is 23.0 Å². The number of hydrogen-bond acceptors (Lipinski definition) is 5. The van der Waals surface area contributed by atoms with Gasteiger partial charge >= 0.3 is 0 Å². The molecule has 19 heavy (non-hydrogen) atoms. The summed E-state index contributed by atoms with van der Waals surface area (Å²) >= 11 is 5.62. The minimum atomic E-state index is -0.210. The standard InChI is InChI=1S/C12H18ClN5O/c1-17-6-8-18(9-7-17)5-4-14-12(19)10-2-3-11(13)16-15-10/h2-3H,4-9H2,1H3,(H,14,19). The Kier molecular flexibility index (Phi) is 5.07. The van der Waals surface area contributed by atoms with Crippen molar-refractivity contribution >= 4 is 17.5 Å². The molecule has 1 saturated heterocycles. The third-order valence-corrected chi connectivity index (χ3v) is 3.38. The molecule has 0 spiro atoms. The molecule has 2 rings (SSSR count). The number of halogens is 1. The maximum Gasteiger partial charge on any atom is 0.271 e. The summed E-state index contributed by atoms with van der Waals surface area (Å²) in [6.07, 6.45) is 0. The maximum absolute atomic E-state index is 11.8. The molecule has 0 radical (unpaired) electrons. The minimum absolute atomic E-state index is 0.210. The summed E-state index contributed by atoms with van der Waals surface area (Å²) in [6, 6.07) is 3.13. The average Bonchev–Trinajstić information content (AvgIpc) is 2.41. The van der Waals surface area contributed by atoms with Gasteiger partial charge in [0.15, 0.2) is 10.8 Å². The third-order valence-electron chi connectivity index (χ3n) is 3.17. The number of likely N-dealkylation sites (N-methyl/N-ethyl adjacent to an activating group) is 1. The van der Waals surface area contributed by atoms with Gasteiger partial charge in [0.05, 0.1) is 0 Å². The van der Waals surface area contributed by atoms with Gasteiger partial charge in [-0.1, -0.05) is 11.6 Å². The number of amides is 1. The highest BCUT2D eigenvalue weighted by Gasteiger charge is 2.14. The summed E-state index contributed by atoms with van der Waals surface area (Å²) in [5, 5.41) is 10.5. The maximum atomic E-state index is 11.8. The Morgan fingerprint density at radius 2 is 2.05 bits per heavy atom. The van der Waals surface area contributed by atoms with Crippen LogP contribution in [0.4, 0.5) is 0 Å². The molecule has 0 atom stereocenters. The first-order valence-electron chi connectivity index (χ1n) is 6.33. The first-order chi connectivity index (χ1) is 9.15. The van der Waals surface area contributed by atoms with E-state index in [9.17, 15) is 4.79 Å². The van der Waals surface area contributed by atoms with E-state index in [2.05, 4.69) is 32.4 Å². The summed E-state index contributed by atoms with van der Waals surface area (Å²) < 4.78 is 0. The number of piperazine rings is 1. The zero-order chi connectivity index (χ0) is 13.7. The van der Waals surface area contributed by atoms with Crippen LogP contribution >= 0.6 is 11.6 Å². The van der Waals surface area contributed by atoms with Gasteiger partial charge in [-0.05, 0) is 19.2 Å². The molecule has 1 aliphatic rings. The molecule has 0 aromatic carbocycles. The fourth-order valence-electron chi connectivity index (χ4n) is 1.93. The summed E-state index contributed by atoms with van der Waals surface area (Å²) in [5.74, 6) is -0.210. The van der Waals surface area contributed by atoms with E-state index < -0.39 is 0 Å². The molecule has 1 aromatic heterocycles. The first kappa shape index (κ1) is 14.2. The molecule has 0 aliphatic carbocycles. The van der Waals surface area contributed by atoms with E-state index in [1.165, 1.54) is 0 Å². The SMILES string of the molecule is CN1CCN(CCNC(=O)c2ccc(Cl)nn2)CC1. The third kappa shape index (κ3) is 4.41. The van der Waals surface area contributed by atoms with Crippen molar-refractivity contribution in [2.45, 2.75) is 0 Å². The van der Waals surface area contributed by atoms with Crippen molar-refractivity contribution in [2.24, 2.45) is 0 Å². The topological polar surface area (TPSA) is 61.4 Å². The Labute approximate surface area is 117 Å². The highest BCUT2D eigenvalue weighted by atomic mass is 35.5. The number of rotatable bonds is 4. The lowest BCUT2D eigenvalue weighted by molar-refractivity contribution is 0.0935. The van der Waals surface area contributed by atoms with Crippen LogP contribution in [-0.2, 0) is 0 Å². The number of carbonyl (C=O) groups is 1. The quantitative estimate of drug-likeness (QED) is 0.850. The number of carbonyl (C=O) groups excluding carboxylic acids is 1. The predicted octanol–water partition coefficient (Wildman–Crippen LogP) is 0.107. The number of aromatic nitrogens is 2. The molecule has 6 nitrogen and oxygen atoms in total. The normalized spacial score (nSPS) is 17.4. The molecule has 1 aliphatic heterocycles. The molecule has 0 saturated carbocycles. The number of nitrogens with one attached hydrogen (secondary N) is 1. The van der Waals surface area contributed by atoms with Gasteiger partial charge in [0, 0.05) is 39.3 Å². The molecule has 7 heteroatoms. The van der Waals surface area contributed by atoms with Gasteiger partial charge in [0.2, 0.25) is 0 Å². The Hall–Kier alpha value is -1.24. The van der Waals surface area contributed by atoms with Gasteiger partial charge in [-0.3, -0.25) is 9.69 Å². The van der Waals surface area contributed by atoms with Crippen LogP contribution in [0.15, 0.2) is 12.1 Å². The van der Waals surface area contributed by atoms with Crippen molar-refractivity contribution < 1.29 is 4.79 Å². The number of nitrogens with zero attached hydrogens (tertiary/aromatic N) is 4. The van der Waals surface area contributed by atoms with Gasteiger partial charge in [0.1, 0.15) is 0 Å². The van der Waals surface area contributed by atoms with Crippen molar-refractivity contribution in [2.75, 3.05) is 46.3 Å². The van der Waals surface area contributed by atoms with Crippen LogP contribution in [0.3, 0.4) is 0 Å². The van der Waals surface area contributed by atoms with Crippen molar-refractivity contribution in [3.8, 4) is 0 Å². The molecule has 0 bridgehead atoms. The lowest BCUT2D eigenvalue weighted by Crippen LogP contribution is -2.46. The van der Waals surface area contributed by atoms with Crippen LogP contribution in [0.25, 0.3) is 0 Å². The van der Waals surface area contributed by atoms with Gasteiger partial charge in [-0.25, -0.2) is 0 Å². The van der Waals surface area contributed by atoms with Crippen LogP contribution in [0, 0.1) is 0 Å². The smallest absolute Gasteiger partial charge is 0.271 e. The second-order valence-corrected chi connectivity index (χ2v) is 5.03. The van der Waals surface area contributed by atoms with Crippen LogP contribution in [0.5, 0.6) is 0 Å². The fourth-order valence-corrected chi connectivity index (χ4v) is 2.03. The van der Waals surface area contributed by atoms with E-state index >= 15 is 0 Å². The highest BCUT2D eigenvalue weighted by molar-refractivity contribution is 6.29. The van der Waals surface area contributed by atoms with E-state index in [1.807, 2.05) is 0 Å². The molecule has 1 amide bonds. The summed E-state index contributed by atoms with van der Waals surface area (Å²) in [5.41, 5.74) is 0.294. The monoisotopic (exact) mass is 283 g/mol. The zero-order valence-corrected chi connectivity index (χ0v) is 11.7.